The van der Waals surface area contributed by atoms with Crippen molar-refractivity contribution in [3.8, 4) is 22.4 Å². The van der Waals surface area contributed by atoms with Crippen LogP contribution in [0.25, 0.3) is 22.4 Å². The topological polar surface area (TPSA) is 12.9 Å². The summed E-state index contributed by atoms with van der Waals surface area (Å²) in [7, 11) is 0. The minimum Gasteiger partial charge on any atom is -0.256 e. The molecule has 0 radical (unpaired) electrons. The van der Waals surface area contributed by atoms with Gasteiger partial charge in [0.2, 0.25) is 0 Å². The molecule has 0 aliphatic heterocycles. The summed E-state index contributed by atoms with van der Waals surface area (Å²) >= 11 is 0. The van der Waals surface area contributed by atoms with Crippen molar-refractivity contribution in [2.45, 2.75) is 52.4 Å². The number of hydrogen-bond donors (Lipinski definition) is 0. The van der Waals surface area contributed by atoms with Gasteiger partial charge in [0.1, 0.15) is 0 Å². The standard InChI is InChI=1S/C26H29N/c1-24(2)21-15-14-19(17-22(21)25(3,4)26(24,5)6)23-20(13-10-16-27-23)18-11-8-7-9-12-18/h7-17H,1-6H3. The van der Waals surface area contributed by atoms with E-state index >= 15 is 0 Å². The van der Waals surface area contributed by atoms with E-state index in [0.29, 0.717) is 0 Å². The lowest BCUT2D eigenvalue weighted by Gasteiger charge is -2.44. The predicted molar refractivity (Wildman–Crippen MR) is 115 cm³/mol. The lowest BCUT2D eigenvalue weighted by atomic mass is 9.59. The van der Waals surface area contributed by atoms with E-state index < -0.39 is 0 Å². The van der Waals surface area contributed by atoms with Gasteiger partial charge in [-0.1, -0.05) is 90.1 Å². The molecule has 1 heteroatoms. The molecule has 138 valence electrons. The summed E-state index contributed by atoms with van der Waals surface area (Å²) in [5, 5.41) is 0. The molecule has 3 aromatic rings. The van der Waals surface area contributed by atoms with Crippen molar-refractivity contribution in [3.63, 3.8) is 0 Å². The zero-order valence-corrected chi connectivity index (χ0v) is 17.3. The van der Waals surface area contributed by atoms with E-state index in [2.05, 4.69) is 96.1 Å². The second-order valence-corrected chi connectivity index (χ2v) is 9.40. The van der Waals surface area contributed by atoms with Gasteiger partial charge in [-0.25, -0.2) is 0 Å². The van der Waals surface area contributed by atoms with Gasteiger partial charge < -0.3 is 0 Å². The third kappa shape index (κ3) is 2.41. The Morgan fingerprint density at radius 3 is 2.00 bits per heavy atom. The zero-order valence-electron chi connectivity index (χ0n) is 17.3. The first kappa shape index (κ1) is 18.0. The molecule has 1 aromatic heterocycles. The fraction of sp³-hybridized carbons (Fsp3) is 0.346. The van der Waals surface area contributed by atoms with Crippen LogP contribution in [0.4, 0.5) is 0 Å². The maximum atomic E-state index is 4.77. The van der Waals surface area contributed by atoms with E-state index in [-0.39, 0.29) is 16.2 Å². The highest BCUT2D eigenvalue weighted by Crippen LogP contribution is 2.61. The normalized spacial score (nSPS) is 18.9. The van der Waals surface area contributed by atoms with Crippen molar-refractivity contribution in [3.05, 3.63) is 78.0 Å². The number of benzene rings is 2. The van der Waals surface area contributed by atoms with E-state index in [0.717, 1.165) is 5.69 Å². The molecular weight excluding hydrogens is 326 g/mol. The number of pyridine rings is 1. The van der Waals surface area contributed by atoms with Gasteiger partial charge in [-0.15, -0.1) is 0 Å². The van der Waals surface area contributed by atoms with E-state index in [1.54, 1.807) is 0 Å². The Hall–Kier alpha value is -2.41. The first-order valence-electron chi connectivity index (χ1n) is 9.84. The largest absolute Gasteiger partial charge is 0.256 e. The molecule has 2 aromatic carbocycles. The summed E-state index contributed by atoms with van der Waals surface area (Å²) in [6, 6.07) is 21.7. The molecule has 0 spiro atoms. The van der Waals surface area contributed by atoms with Gasteiger partial charge in [0.05, 0.1) is 5.69 Å². The lowest BCUT2D eigenvalue weighted by molar-refractivity contribution is 0.125. The van der Waals surface area contributed by atoms with Crippen LogP contribution in [0.15, 0.2) is 66.9 Å². The summed E-state index contributed by atoms with van der Waals surface area (Å²) in [6.45, 7) is 14.4. The fourth-order valence-electron chi connectivity index (χ4n) is 4.69. The van der Waals surface area contributed by atoms with E-state index in [1.165, 1.54) is 27.8 Å². The molecule has 0 fully saturated rings. The minimum absolute atomic E-state index is 0.101. The minimum atomic E-state index is 0.101. The van der Waals surface area contributed by atoms with Crippen LogP contribution < -0.4 is 0 Å². The van der Waals surface area contributed by atoms with Gasteiger partial charge in [-0.2, -0.15) is 0 Å². The van der Waals surface area contributed by atoms with Gasteiger partial charge in [-0.3, -0.25) is 4.98 Å². The zero-order chi connectivity index (χ0) is 19.4. The quantitative estimate of drug-likeness (QED) is 0.482. The maximum Gasteiger partial charge on any atom is 0.0780 e. The predicted octanol–water partition coefficient (Wildman–Crippen LogP) is 7.01. The van der Waals surface area contributed by atoms with Crippen LogP contribution in [0.1, 0.15) is 52.7 Å². The summed E-state index contributed by atoms with van der Waals surface area (Å²) in [5.41, 5.74) is 8.00. The third-order valence-corrected chi connectivity index (χ3v) is 7.66. The monoisotopic (exact) mass is 355 g/mol. The molecule has 0 bridgehead atoms. The van der Waals surface area contributed by atoms with Crippen molar-refractivity contribution in [1.82, 2.24) is 4.98 Å². The number of rotatable bonds is 2. The Morgan fingerprint density at radius 1 is 0.630 bits per heavy atom. The molecule has 1 aliphatic carbocycles. The molecule has 4 rings (SSSR count). The van der Waals surface area contributed by atoms with Crippen LogP contribution in [0.3, 0.4) is 0 Å². The fourth-order valence-corrected chi connectivity index (χ4v) is 4.69. The van der Waals surface area contributed by atoms with Crippen molar-refractivity contribution in [1.29, 1.82) is 0 Å². The van der Waals surface area contributed by atoms with Crippen LogP contribution >= 0.6 is 0 Å². The Bertz CT molecular complexity index is 994. The molecule has 1 nitrogen and oxygen atoms in total. The summed E-state index contributed by atoms with van der Waals surface area (Å²) in [6.07, 6.45) is 1.90. The number of fused-ring (bicyclic) bond motifs is 1. The highest BCUT2D eigenvalue weighted by atomic mass is 14.7. The lowest BCUT2D eigenvalue weighted by Crippen LogP contribution is -2.42. The van der Waals surface area contributed by atoms with Crippen LogP contribution in [0.5, 0.6) is 0 Å². The molecule has 27 heavy (non-hydrogen) atoms. The van der Waals surface area contributed by atoms with E-state index in [9.17, 15) is 0 Å². The summed E-state index contributed by atoms with van der Waals surface area (Å²) in [5.74, 6) is 0. The second-order valence-electron chi connectivity index (χ2n) is 9.40. The molecule has 0 atom stereocenters. The van der Waals surface area contributed by atoms with Crippen LogP contribution in [-0.4, -0.2) is 4.98 Å². The second kappa shape index (κ2) is 5.79. The molecule has 1 heterocycles. The summed E-state index contributed by atoms with van der Waals surface area (Å²) in [4.78, 5) is 4.77. The first-order chi connectivity index (χ1) is 12.7. The van der Waals surface area contributed by atoms with Crippen molar-refractivity contribution < 1.29 is 0 Å². The maximum absolute atomic E-state index is 4.77. The highest BCUT2D eigenvalue weighted by molar-refractivity contribution is 5.81. The molecule has 0 amide bonds. The van der Waals surface area contributed by atoms with Gasteiger partial charge in [0.25, 0.3) is 0 Å². The molecule has 0 N–H and O–H groups in total. The number of nitrogens with zero attached hydrogens (tertiary/aromatic N) is 1. The van der Waals surface area contributed by atoms with Crippen molar-refractivity contribution >= 4 is 0 Å². The van der Waals surface area contributed by atoms with Crippen LogP contribution in [0.2, 0.25) is 0 Å². The molecule has 1 aliphatic rings. The van der Waals surface area contributed by atoms with Crippen molar-refractivity contribution in [2.75, 3.05) is 0 Å². The highest BCUT2D eigenvalue weighted by Gasteiger charge is 2.56. The van der Waals surface area contributed by atoms with Gasteiger partial charge in [0, 0.05) is 17.3 Å². The Kier molecular flexibility index (Phi) is 3.86. The molecule has 0 saturated heterocycles. The van der Waals surface area contributed by atoms with E-state index in [1.807, 2.05) is 12.3 Å². The van der Waals surface area contributed by atoms with Crippen LogP contribution in [-0.2, 0) is 10.8 Å². The summed E-state index contributed by atoms with van der Waals surface area (Å²) < 4.78 is 0. The molecule has 0 saturated carbocycles. The van der Waals surface area contributed by atoms with Gasteiger partial charge in [-0.05, 0) is 45.1 Å². The van der Waals surface area contributed by atoms with Gasteiger partial charge in [0.15, 0.2) is 0 Å². The number of hydrogen-bond acceptors (Lipinski definition) is 1. The molecular formula is C26H29N. The first-order valence-corrected chi connectivity index (χ1v) is 9.84. The smallest absolute Gasteiger partial charge is 0.0780 e. The SMILES string of the molecule is CC1(C)c2ccc(-c3ncccc3-c3ccccc3)cc2C(C)(C)C1(C)C. The Labute approximate surface area is 163 Å². The van der Waals surface area contributed by atoms with Gasteiger partial charge >= 0.3 is 0 Å². The van der Waals surface area contributed by atoms with Crippen LogP contribution in [0, 0.1) is 5.41 Å². The number of aromatic nitrogens is 1. The Morgan fingerprint density at radius 2 is 1.30 bits per heavy atom. The third-order valence-electron chi connectivity index (χ3n) is 7.66. The average molecular weight is 356 g/mol. The Balaban J connectivity index is 1.92. The molecule has 0 unspecified atom stereocenters. The van der Waals surface area contributed by atoms with E-state index in [4.69, 9.17) is 4.98 Å². The van der Waals surface area contributed by atoms with Crippen molar-refractivity contribution in [2.24, 2.45) is 5.41 Å². The average Bonchev–Trinajstić information content (AvgIpc) is 2.77.